The van der Waals surface area contributed by atoms with Gasteiger partial charge >= 0.3 is 0 Å². The quantitative estimate of drug-likeness (QED) is 0.839. The van der Waals surface area contributed by atoms with E-state index >= 15 is 0 Å². The minimum absolute atomic E-state index is 0.222. The predicted molar refractivity (Wildman–Crippen MR) is 74.0 cm³/mol. The van der Waals surface area contributed by atoms with Crippen molar-refractivity contribution >= 4 is 5.91 Å². The molecule has 1 atom stereocenters. The number of hydrogen-bond donors (Lipinski definition) is 2. The first-order valence-electron chi connectivity index (χ1n) is 6.60. The van der Waals surface area contributed by atoms with E-state index in [-0.39, 0.29) is 18.2 Å². The highest BCUT2D eigenvalue weighted by Crippen LogP contribution is 2.22. The number of halogens is 1. The molecule has 1 heterocycles. The Morgan fingerprint density at radius 3 is 2.81 bits per heavy atom. The van der Waals surface area contributed by atoms with Crippen molar-refractivity contribution in [2.75, 3.05) is 13.6 Å². The highest BCUT2D eigenvalue weighted by Gasteiger charge is 2.24. The summed E-state index contributed by atoms with van der Waals surface area (Å²) in [5.41, 5.74) is 0.302. The monoisotopic (exact) mass is 292 g/mol. The lowest BCUT2D eigenvalue weighted by Gasteiger charge is -2.16. The van der Waals surface area contributed by atoms with E-state index in [9.17, 15) is 9.18 Å². The average molecular weight is 292 g/mol. The van der Waals surface area contributed by atoms with Crippen LogP contribution in [0.15, 0.2) is 28.8 Å². The van der Waals surface area contributed by atoms with E-state index in [1.807, 2.05) is 0 Å². The van der Waals surface area contributed by atoms with Crippen molar-refractivity contribution in [3.05, 3.63) is 47.4 Å². The normalized spacial score (nSPS) is 12.1. The molecule has 2 N–H and O–H groups in total. The van der Waals surface area contributed by atoms with Gasteiger partial charge in [-0.1, -0.05) is 23.4 Å². The van der Waals surface area contributed by atoms with Crippen molar-refractivity contribution < 1.29 is 13.7 Å². The molecule has 0 saturated heterocycles. The Morgan fingerprint density at radius 1 is 1.43 bits per heavy atom. The third-order valence-electron chi connectivity index (χ3n) is 2.93. The van der Waals surface area contributed by atoms with Crippen molar-refractivity contribution in [2.45, 2.75) is 19.4 Å². The minimum Gasteiger partial charge on any atom is -0.342 e. The lowest BCUT2D eigenvalue weighted by Crippen LogP contribution is -2.32. The first-order valence-corrected chi connectivity index (χ1v) is 6.60. The van der Waals surface area contributed by atoms with Crippen molar-refractivity contribution in [1.29, 1.82) is 0 Å². The van der Waals surface area contributed by atoms with Gasteiger partial charge in [0.15, 0.2) is 5.82 Å². The van der Waals surface area contributed by atoms with Gasteiger partial charge in [0.05, 0.1) is 0 Å². The fraction of sp³-hybridized carbons (Fsp3) is 0.357. The molecule has 6 nitrogen and oxygen atoms in total. The van der Waals surface area contributed by atoms with Gasteiger partial charge in [-0.15, -0.1) is 0 Å². The Hall–Kier alpha value is -2.28. The number of aromatic nitrogens is 2. The van der Waals surface area contributed by atoms with Crippen molar-refractivity contribution in [2.24, 2.45) is 0 Å². The lowest BCUT2D eigenvalue weighted by atomic mass is 10.1. The maximum atomic E-state index is 14.0. The number of hydrogen-bond acceptors (Lipinski definition) is 5. The van der Waals surface area contributed by atoms with Crippen LogP contribution >= 0.6 is 0 Å². The Labute approximate surface area is 121 Å². The van der Waals surface area contributed by atoms with E-state index in [1.54, 1.807) is 32.2 Å². The van der Waals surface area contributed by atoms with E-state index < -0.39 is 11.9 Å². The molecule has 1 amide bonds. The molecule has 2 rings (SSSR count). The minimum atomic E-state index is -0.770. The van der Waals surface area contributed by atoms with Crippen LogP contribution in [-0.2, 0) is 4.79 Å². The maximum absolute atomic E-state index is 14.0. The number of carbonyl (C=O) groups is 1. The highest BCUT2D eigenvalue weighted by atomic mass is 19.1. The Kier molecular flexibility index (Phi) is 4.99. The van der Waals surface area contributed by atoms with E-state index in [4.69, 9.17) is 4.52 Å². The first kappa shape index (κ1) is 15.1. The fourth-order valence-electron chi connectivity index (χ4n) is 1.89. The molecular formula is C14H17FN4O2. The van der Waals surface area contributed by atoms with Crippen LogP contribution in [-0.4, -0.2) is 29.6 Å². The summed E-state index contributed by atoms with van der Waals surface area (Å²) >= 11 is 0. The number of aryl methyl sites for hydroxylation is 1. The molecule has 0 aliphatic rings. The van der Waals surface area contributed by atoms with Crippen LogP contribution in [0, 0.1) is 12.7 Å². The van der Waals surface area contributed by atoms with Crippen LogP contribution < -0.4 is 10.6 Å². The molecule has 1 unspecified atom stereocenters. The van der Waals surface area contributed by atoms with Gasteiger partial charge in [-0.25, -0.2) is 4.39 Å². The van der Waals surface area contributed by atoms with Crippen LogP contribution in [0.25, 0.3) is 0 Å². The Morgan fingerprint density at radius 2 is 2.19 bits per heavy atom. The molecule has 21 heavy (non-hydrogen) atoms. The number of rotatable bonds is 6. The molecule has 112 valence electrons. The SMILES string of the molecule is CNCCC(=O)NC(c1noc(C)n1)c1ccccc1F. The van der Waals surface area contributed by atoms with Gasteiger partial charge in [-0.2, -0.15) is 4.98 Å². The molecule has 0 aliphatic carbocycles. The number of nitrogens with zero attached hydrogens (tertiary/aromatic N) is 2. The number of benzene rings is 1. The first-order chi connectivity index (χ1) is 10.1. The summed E-state index contributed by atoms with van der Waals surface area (Å²) < 4.78 is 18.9. The summed E-state index contributed by atoms with van der Waals surface area (Å²) in [4.78, 5) is 16.0. The molecular weight excluding hydrogens is 275 g/mol. The van der Waals surface area contributed by atoms with Gasteiger partial charge < -0.3 is 15.2 Å². The third kappa shape index (κ3) is 3.85. The second kappa shape index (κ2) is 6.94. The summed E-state index contributed by atoms with van der Waals surface area (Å²) in [6, 6.07) is 5.42. The summed E-state index contributed by atoms with van der Waals surface area (Å²) in [6.07, 6.45) is 0.276. The summed E-state index contributed by atoms with van der Waals surface area (Å²) in [5.74, 6) is -0.0647. The molecule has 0 bridgehead atoms. The van der Waals surface area contributed by atoms with E-state index in [2.05, 4.69) is 20.8 Å². The molecule has 0 saturated carbocycles. The zero-order valence-electron chi connectivity index (χ0n) is 11.9. The maximum Gasteiger partial charge on any atom is 0.223 e. The lowest BCUT2D eigenvalue weighted by molar-refractivity contribution is -0.121. The Bertz CT molecular complexity index is 615. The second-order valence-corrected chi connectivity index (χ2v) is 4.55. The van der Waals surface area contributed by atoms with Crippen LogP contribution in [0.2, 0.25) is 0 Å². The van der Waals surface area contributed by atoms with E-state index in [1.165, 1.54) is 6.07 Å². The molecule has 1 aromatic heterocycles. The van der Waals surface area contributed by atoms with Crippen LogP contribution in [0.1, 0.15) is 29.7 Å². The number of carbonyl (C=O) groups excluding carboxylic acids is 1. The third-order valence-corrected chi connectivity index (χ3v) is 2.93. The van der Waals surface area contributed by atoms with E-state index in [0.717, 1.165) is 0 Å². The predicted octanol–water partition coefficient (Wildman–Crippen LogP) is 1.33. The largest absolute Gasteiger partial charge is 0.342 e. The van der Waals surface area contributed by atoms with Crippen molar-refractivity contribution in [3.8, 4) is 0 Å². The van der Waals surface area contributed by atoms with Crippen LogP contribution in [0.4, 0.5) is 4.39 Å². The molecule has 0 fully saturated rings. The molecule has 7 heteroatoms. The summed E-state index contributed by atoms with van der Waals surface area (Å²) in [5, 5.41) is 9.40. The molecule has 0 spiro atoms. The topological polar surface area (TPSA) is 80.0 Å². The zero-order valence-corrected chi connectivity index (χ0v) is 11.9. The summed E-state index contributed by atoms with van der Waals surface area (Å²) in [6.45, 7) is 2.17. The molecule has 0 aliphatic heterocycles. The number of amides is 1. The molecule has 2 aromatic rings. The molecule has 1 aromatic carbocycles. The van der Waals surface area contributed by atoms with Crippen molar-refractivity contribution in [3.63, 3.8) is 0 Å². The van der Waals surface area contributed by atoms with Gasteiger partial charge in [-0.3, -0.25) is 4.79 Å². The summed E-state index contributed by atoms with van der Waals surface area (Å²) in [7, 11) is 1.75. The van der Waals surface area contributed by atoms with Gasteiger partial charge in [0.2, 0.25) is 11.8 Å². The van der Waals surface area contributed by atoms with Crippen molar-refractivity contribution in [1.82, 2.24) is 20.8 Å². The molecule has 0 radical (unpaired) electrons. The van der Waals surface area contributed by atoms with Crippen LogP contribution in [0.3, 0.4) is 0 Å². The fourth-order valence-corrected chi connectivity index (χ4v) is 1.89. The van der Waals surface area contributed by atoms with Gasteiger partial charge in [-0.05, 0) is 13.1 Å². The average Bonchev–Trinajstić information content (AvgIpc) is 2.90. The van der Waals surface area contributed by atoms with Gasteiger partial charge in [0, 0.05) is 25.5 Å². The number of nitrogens with one attached hydrogen (secondary N) is 2. The highest BCUT2D eigenvalue weighted by molar-refractivity contribution is 5.77. The zero-order chi connectivity index (χ0) is 15.2. The smallest absolute Gasteiger partial charge is 0.223 e. The second-order valence-electron chi connectivity index (χ2n) is 4.55. The Balaban J connectivity index is 2.27. The van der Waals surface area contributed by atoms with E-state index in [0.29, 0.717) is 18.0 Å². The standard InChI is InChI=1S/C14H17FN4O2/c1-9-17-14(19-21-9)13(18-12(20)7-8-16-2)10-5-3-4-6-11(10)15/h3-6,13,16H,7-8H2,1-2H3,(H,18,20). The van der Waals surface area contributed by atoms with Gasteiger partial charge in [0.1, 0.15) is 11.9 Å². The van der Waals surface area contributed by atoms with Crippen LogP contribution in [0.5, 0.6) is 0 Å². The van der Waals surface area contributed by atoms with Gasteiger partial charge in [0.25, 0.3) is 0 Å².